The van der Waals surface area contributed by atoms with Crippen molar-refractivity contribution in [1.82, 2.24) is 9.97 Å². The van der Waals surface area contributed by atoms with Gasteiger partial charge in [0.05, 0.1) is 16.8 Å². The van der Waals surface area contributed by atoms with Crippen molar-refractivity contribution in [2.45, 2.75) is 13.8 Å². The first kappa shape index (κ1) is 15.6. The summed E-state index contributed by atoms with van der Waals surface area (Å²) in [6, 6.07) is 12.6. The van der Waals surface area contributed by atoms with Crippen molar-refractivity contribution < 1.29 is 9.21 Å². The zero-order valence-corrected chi connectivity index (χ0v) is 14.4. The number of hydrogen-bond acceptors (Lipinski definition) is 4. The molecule has 0 bridgehead atoms. The minimum absolute atomic E-state index is 0.230. The molecule has 1 N–H and O–H groups in total. The van der Waals surface area contributed by atoms with Crippen LogP contribution in [-0.4, -0.2) is 15.9 Å². The predicted molar refractivity (Wildman–Crippen MR) is 98.2 cm³/mol. The lowest BCUT2D eigenvalue weighted by Gasteiger charge is -2.09. The van der Waals surface area contributed by atoms with E-state index in [-0.39, 0.29) is 5.91 Å². The highest BCUT2D eigenvalue weighted by Gasteiger charge is 2.13. The summed E-state index contributed by atoms with van der Waals surface area (Å²) >= 11 is 6.03. The smallest absolute Gasteiger partial charge is 0.257 e. The number of pyridine rings is 1. The first-order chi connectivity index (χ1) is 12.0. The van der Waals surface area contributed by atoms with Gasteiger partial charge in [-0.3, -0.25) is 9.78 Å². The molecular formula is C19H14ClN3O2. The third-order valence-electron chi connectivity index (χ3n) is 3.96. The molecular weight excluding hydrogens is 338 g/mol. The van der Waals surface area contributed by atoms with Crippen LogP contribution in [0.3, 0.4) is 0 Å². The number of rotatable bonds is 2. The molecule has 1 amide bonds. The fourth-order valence-corrected chi connectivity index (χ4v) is 2.97. The Morgan fingerprint density at radius 3 is 2.72 bits per heavy atom. The molecule has 0 fully saturated rings. The van der Waals surface area contributed by atoms with Crippen molar-refractivity contribution in [3.05, 3.63) is 64.6 Å². The molecule has 2 aromatic heterocycles. The molecule has 0 saturated carbocycles. The first-order valence-corrected chi connectivity index (χ1v) is 8.13. The van der Waals surface area contributed by atoms with Gasteiger partial charge < -0.3 is 9.73 Å². The van der Waals surface area contributed by atoms with E-state index in [2.05, 4.69) is 15.3 Å². The molecule has 0 saturated heterocycles. The number of hydrogen-bond donors (Lipinski definition) is 1. The van der Waals surface area contributed by atoms with Crippen molar-refractivity contribution in [3.8, 4) is 0 Å². The number of nitrogens with zero attached hydrogens (tertiary/aromatic N) is 2. The highest BCUT2D eigenvalue weighted by atomic mass is 35.5. The molecule has 0 aliphatic heterocycles. The van der Waals surface area contributed by atoms with Crippen LogP contribution in [-0.2, 0) is 0 Å². The average Bonchev–Trinajstić information content (AvgIpc) is 2.93. The van der Waals surface area contributed by atoms with Crippen LogP contribution < -0.4 is 5.32 Å². The maximum atomic E-state index is 12.7. The number of carbonyl (C=O) groups is 1. The normalized spacial score (nSPS) is 11.2. The molecule has 2 aromatic carbocycles. The van der Waals surface area contributed by atoms with Crippen LogP contribution in [0.15, 0.2) is 46.9 Å². The van der Waals surface area contributed by atoms with Crippen LogP contribution in [0.4, 0.5) is 5.69 Å². The predicted octanol–water partition coefficient (Wildman–Crippen LogP) is 4.90. The fraction of sp³-hybridized carbons (Fsp3) is 0.105. The summed E-state index contributed by atoms with van der Waals surface area (Å²) in [5.41, 5.74) is 4.01. The standard InChI is InChI=1S/C19H14ClN3O2/c1-10-15(8-12-7-13(20)3-5-16(12)21-10)19(24)23-14-4-6-18-17(9-14)22-11(2)25-18/h3-9H,1-2H3,(H,23,24). The summed E-state index contributed by atoms with van der Waals surface area (Å²) in [4.78, 5) is 21.4. The number of oxazole rings is 1. The highest BCUT2D eigenvalue weighted by Crippen LogP contribution is 2.23. The van der Waals surface area contributed by atoms with Gasteiger partial charge in [0.1, 0.15) is 5.52 Å². The maximum absolute atomic E-state index is 12.7. The molecule has 0 unspecified atom stereocenters. The van der Waals surface area contributed by atoms with Crippen molar-refractivity contribution in [2.24, 2.45) is 0 Å². The maximum Gasteiger partial charge on any atom is 0.257 e. The van der Waals surface area contributed by atoms with Gasteiger partial charge in [0, 0.05) is 23.0 Å². The minimum atomic E-state index is -0.230. The van der Waals surface area contributed by atoms with Gasteiger partial charge in [0.15, 0.2) is 11.5 Å². The number of aryl methyl sites for hydroxylation is 2. The molecule has 6 heteroatoms. The number of halogens is 1. The van der Waals surface area contributed by atoms with Gasteiger partial charge in [-0.05, 0) is 49.4 Å². The Bertz CT molecular complexity index is 1130. The SMILES string of the molecule is Cc1nc2cc(NC(=O)c3cc4cc(Cl)ccc4nc3C)ccc2o1. The van der Waals surface area contributed by atoms with Crippen LogP contribution in [0.25, 0.3) is 22.0 Å². The van der Waals surface area contributed by atoms with E-state index in [0.717, 1.165) is 10.9 Å². The number of anilines is 1. The number of benzene rings is 2. The Morgan fingerprint density at radius 1 is 1.04 bits per heavy atom. The first-order valence-electron chi connectivity index (χ1n) is 7.75. The van der Waals surface area contributed by atoms with Gasteiger partial charge in [-0.15, -0.1) is 0 Å². The van der Waals surface area contributed by atoms with Gasteiger partial charge in [0.25, 0.3) is 5.91 Å². The minimum Gasteiger partial charge on any atom is -0.441 e. The summed E-state index contributed by atoms with van der Waals surface area (Å²) in [6.45, 7) is 3.60. The summed E-state index contributed by atoms with van der Waals surface area (Å²) in [5, 5.41) is 4.32. The molecule has 0 radical (unpaired) electrons. The van der Waals surface area contributed by atoms with Gasteiger partial charge in [-0.1, -0.05) is 11.6 Å². The molecule has 5 nitrogen and oxygen atoms in total. The second-order valence-electron chi connectivity index (χ2n) is 5.83. The average molecular weight is 352 g/mol. The number of carbonyl (C=O) groups excluding carboxylic acids is 1. The second kappa shape index (κ2) is 5.86. The van der Waals surface area contributed by atoms with E-state index in [1.54, 1.807) is 43.3 Å². The van der Waals surface area contributed by atoms with E-state index >= 15 is 0 Å². The van der Waals surface area contributed by atoms with Crippen LogP contribution in [0, 0.1) is 13.8 Å². The van der Waals surface area contributed by atoms with Crippen LogP contribution in [0.1, 0.15) is 21.9 Å². The Kier molecular flexibility index (Phi) is 3.66. The van der Waals surface area contributed by atoms with E-state index < -0.39 is 0 Å². The van der Waals surface area contributed by atoms with Crippen molar-refractivity contribution in [1.29, 1.82) is 0 Å². The Balaban J connectivity index is 1.69. The van der Waals surface area contributed by atoms with Gasteiger partial charge in [-0.2, -0.15) is 0 Å². The van der Waals surface area contributed by atoms with Gasteiger partial charge in [-0.25, -0.2) is 4.98 Å². The van der Waals surface area contributed by atoms with Crippen LogP contribution in [0.2, 0.25) is 5.02 Å². The summed E-state index contributed by atoms with van der Waals surface area (Å²) < 4.78 is 5.44. The summed E-state index contributed by atoms with van der Waals surface area (Å²) in [7, 11) is 0. The van der Waals surface area contributed by atoms with Crippen molar-refractivity contribution in [3.63, 3.8) is 0 Å². The number of aromatic nitrogens is 2. The van der Waals surface area contributed by atoms with Crippen LogP contribution in [0.5, 0.6) is 0 Å². The van der Waals surface area contributed by atoms with E-state index in [1.165, 1.54) is 0 Å². The van der Waals surface area contributed by atoms with Gasteiger partial charge in [0.2, 0.25) is 0 Å². The van der Waals surface area contributed by atoms with E-state index in [0.29, 0.717) is 39.0 Å². The monoisotopic (exact) mass is 351 g/mol. The van der Waals surface area contributed by atoms with E-state index in [9.17, 15) is 4.79 Å². The molecule has 2 heterocycles. The highest BCUT2D eigenvalue weighted by molar-refractivity contribution is 6.31. The van der Waals surface area contributed by atoms with Gasteiger partial charge >= 0.3 is 0 Å². The zero-order chi connectivity index (χ0) is 17.6. The lowest BCUT2D eigenvalue weighted by molar-refractivity contribution is 0.102. The third kappa shape index (κ3) is 2.94. The number of nitrogens with one attached hydrogen (secondary N) is 1. The van der Waals surface area contributed by atoms with Crippen molar-refractivity contribution >= 4 is 45.2 Å². The molecule has 4 aromatic rings. The molecule has 0 aliphatic carbocycles. The Labute approximate surface area is 148 Å². The number of fused-ring (bicyclic) bond motifs is 2. The lowest BCUT2D eigenvalue weighted by Crippen LogP contribution is -2.14. The Hall–Kier alpha value is -2.92. The Morgan fingerprint density at radius 2 is 1.88 bits per heavy atom. The molecule has 4 rings (SSSR count). The summed E-state index contributed by atoms with van der Waals surface area (Å²) in [5.74, 6) is 0.358. The molecule has 0 aliphatic rings. The molecule has 0 spiro atoms. The fourth-order valence-electron chi connectivity index (χ4n) is 2.79. The largest absolute Gasteiger partial charge is 0.441 e. The van der Waals surface area contributed by atoms with Crippen molar-refractivity contribution in [2.75, 3.05) is 5.32 Å². The van der Waals surface area contributed by atoms with E-state index in [4.69, 9.17) is 16.0 Å². The topological polar surface area (TPSA) is 68.0 Å². The quantitative estimate of drug-likeness (QED) is 0.557. The second-order valence-corrected chi connectivity index (χ2v) is 6.26. The molecule has 124 valence electrons. The summed E-state index contributed by atoms with van der Waals surface area (Å²) in [6.07, 6.45) is 0. The zero-order valence-electron chi connectivity index (χ0n) is 13.6. The molecule has 0 atom stereocenters. The van der Waals surface area contributed by atoms with Crippen LogP contribution >= 0.6 is 11.6 Å². The van der Waals surface area contributed by atoms with E-state index in [1.807, 2.05) is 13.0 Å². The lowest BCUT2D eigenvalue weighted by atomic mass is 10.1. The molecule has 25 heavy (non-hydrogen) atoms. The number of amides is 1. The third-order valence-corrected chi connectivity index (χ3v) is 4.20.